The van der Waals surface area contributed by atoms with Gasteiger partial charge in [-0.25, -0.2) is 4.79 Å². The molecule has 1 saturated carbocycles. The number of fused-ring (bicyclic) bond motifs is 1. The predicted molar refractivity (Wildman–Crippen MR) is 79.0 cm³/mol. The van der Waals surface area contributed by atoms with Crippen molar-refractivity contribution in [3.63, 3.8) is 0 Å². The van der Waals surface area contributed by atoms with Crippen LogP contribution in [0.15, 0.2) is 35.4 Å². The molecule has 1 heterocycles. The summed E-state index contributed by atoms with van der Waals surface area (Å²) in [6.07, 6.45) is 3.13. The van der Waals surface area contributed by atoms with Gasteiger partial charge < -0.3 is 9.84 Å². The van der Waals surface area contributed by atoms with Gasteiger partial charge in [-0.1, -0.05) is 24.6 Å². The molecule has 0 unspecified atom stereocenters. The molecule has 0 bridgehead atoms. The Morgan fingerprint density at radius 3 is 2.73 bits per heavy atom. The van der Waals surface area contributed by atoms with Crippen LogP contribution < -0.4 is 0 Å². The topological polar surface area (TPSA) is 79.2 Å². The van der Waals surface area contributed by atoms with E-state index in [0.29, 0.717) is 24.1 Å². The highest BCUT2D eigenvalue weighted by atomic mass is 16.5. The van der Waals surface area contributed by atoms with Gasteiger partial charge in [0.1, 0.15) is 0 Å². The molecule has 2 aliphatic rings. The van der Waals surface area contributed by atoms with Crippen LogP contribution in [0.25, 0.3) is 0 Å². The Morgan fingerprint density at radius 2 is 2.05 bits per heavy atom. The number of nitrogens with zero attached hydrogens (tertiary/aromatic N) is 2. The van der Waals surface area contributed by atoms with Crippen molar-refractivity contribution in [1.82, 2.24) is 5.01 Å². The molecule has 1 aromatic carbocycles. The second-order valence-electron chi connectivity index (χ2n) is 5.59. The molecule has 6 nitrogen and oxygen atoms in total. The van der Waals surface area contributed by atoms with Gasteiger partial charge in [0, 0.05) is 11.3 Å². The van der Waals surface area contributed by atoms with Crippen molar-refractivity contribution in [2.24, 2.45) is 11.0 Å². The first kappa shape index (κ1) is 14.7. The third kappa shape index (κ3) is 2.11. The van der Waals surface area contributed by atoms with Crippen molar-refractivity contribution >= 4 is 17.6 Å². The summed E-state index contributed by atoms with van der Waals surface area (Å²) in [7, 11) is 1.20. The summed E-state index contributed by atoms with van der Waals surface area (Å²) in [5.74, 6) is -1.83. The van der Waals surface area contributed by atoms with Gasteiger partial charge in [-0.2, -0.15) is 10.1 Å². The molecule has 0 saturated heterocycles. The van der Waals surface area contributed by atoms with Gasteiger partial charge in [0.25, 0.3) is 11.6 Å². The Morgan fingerprint density at radius 1 is 1.32 bits per heavy atom. The molecular formula is C16H18N2O4. The van der Waals surface area contributed by atoms with E-state index >= 15 is 0 Å². The second kappa shape index (κ2) is 5.53. The lowest BCUT2D eigenvalue weighted by atomic mass is 9.80. The predicted octanol–water partition coefficient (Wildman–Crippen LogP) is 1.55. The van der Waals surface area contributed by atoms with Crippen LogP contribution in [0, 0.1) is 5.92 Å². The summed E-state index contributed by atoms with van der Waals surface area (Å²) in [4.78, 5) is 24.9. The van der Waals surface area contributed by atoms with Crippen LogP contribution in [-0.2, 0) is 9.53 Å². The summed E-state index contributed by atoms with van der Waals surface area (Å²) in [5.41, 5.74) is -0.978. The van der Waals surface area contributed by atoms with Crippen molar-refractivity contribution in [3.05, 3.63) is 35.9 Å². The lowest BCUT2D eigenvalue weighted by molar-refractivity contribution is -0.184. The van der Waals surface area contributed by atoms with Gasteiger partial charge in [-0.05, 0) is 31.4 Å². The average molecular weight is 302 g/mol. The molecule has 1 aliphatic carbocycles. The smallest absolute Gasteiger partial charge is 0.362 e. The Kier molecular flexibility index (Phi) is 3.70. The monoisotopic (exact) mass is 302 g/mol. The Balaban J connectivity index is 2.02. The molecule has 3 rings (SSSR count). The maximum atomic E-state index is 12.7. The van der Waals surface area contributed by atoms with E-state index in [1.165, 1.54) is 7.11 Å². The fourth-order valence-electron chi connectivity index (χ4n) is 3.18. The van der Waals surface area contributed by atoms with Crippen LogP contribution in [-0.4, -0.2) is 40.5 Å². The number of hydrogen-bond donors (Lipinski definition) is 1. The van der Waals surface area contributed by atoms with Gasteiger partial charge >= 0.3 is 5.97 Å². The number of aliphatic hydroxyl groups is 1. The van der Waals surface area contributed by atoms with E-state index in [-0.39, 0.29) is 0 Å². The largest absolute Gasteiger partial charge is 0.465 e. The highest BCUT2D eigenvalue weighted by Gasteiger charge is 2.59. The third-order valence-electron chi connectivity index (χ3n) is 4.31. The van der Waals surface area contributed by atoms with Crippen LogP contribution in [0.2, 0.25) is 0 Å². The summed E-state index contributed by atoms with van der Waals surface area (Å²) < 4.78 is 4.75. The van der Waals surface area contributed by atoms with E-state index in [1.54, 1.807) is 30.3 Å². The van der Waals surface area contributed by atoms with E-state index < -0.39 is 23.5 Å². The molecule has 0 aromatic heterocycles. The van der Waals surface area contributed by atoms with Crippen molar-refractivity contribution in [1.29, 1.82) is 0 Å². The number of rotatable bonds is 2. The number of ether oxygens (including phenoxy) is 1. The SMILES string of the molecule is COC(=O)[C@@]1(O)[C@H]2CCCCC2=NN1C(=O)c1ccccc1. The molecule has 1 fully saturated rings. The standard InChI is InChI=1S/C16H18N2O4/c1-22-15(20)16(21)12-9-5-6-10-13(12)17-18(16)14(19)11-7-3-2-4-8-11/h2-4,7-8,12,21H,5-6,9-10H2,1H3/t12-,16-/m0/s1. The lowest BCUT2D eigenvalue weighted by Crippen LogP contribution is -2.57. The molecule has 1 aliphatic heterocycles. The fourth-order valence-corrected chi connectivity index (χ4v) is 3.18. The van der Waals surface area contributed by atoms with Crippen molar-refractivity contribution in [2.75, 3.05) is 7.11 Å². The van der Waals surface area contributed by atoms with Crippen molar-refractivity contribution < 1.29 is 19.4 Å². The zero-order chi connectivity index (χ0) is 15.7. The molecule has 0 radical (unpaired) electrons. The number of amides is 1. The molecule has 1 amide bonds. The van der Waals surface area contributed by atoms with Gasteiger partial charge in [0.2, 0.25) is 0 Å². The Hall–Kier alpha value is -2.21. The highest BCUT2D eigenvalue weighted by Crippen LogP contribution is 2.40. The normalized spacial score (nSPS) is 27.1. The number of hydrazone groups is 1. The number of carbonyl (C=O) groups is 2. The maximum Gasteiger partial charge on any atom is 0.362 e. The van der Waals surface area contributed by atoms with E-state index in [0.717, 1.165) is 17.9 Å². The second-order valence-corrected chi connectivity index (χ2v) is 5.59. The lowest BCUT2D eigenvalue weighted by Gasteiger charge is -2.34. The first-order chi connectivity index (χ1) is 10.6. The first-order valence-corrected chi connectivity index (χ1v) is 7.36. The van der Waals surface area contributed by atoms with Crippen molar-refractivity contribution in [3.8, 4) is 0 Å². The minimum absolute atomic E-state index is 0.368. The molecule has 6 heteroatoms. The van der Waals surface area contributed by atoms with E-state index in [9.17, 15) is 14.7 Å². The molecule has 2 atom stereocenters. The number of hydrogen-bond acceptors (Lipinski definition) is 5. The first-order valence-electron chi connectivity index (χ1n) is 7.36. The zero-order valence-electron chi connectivity index (χ0n) is 12.4. The molecule has 22 heavy (non-hydrogen) atoms. The molecule has 116 valence electrons. The van der Waals surface area contributed by atoms with Crippen LogP contribution in [0.4, 0.5) is 0 Å². The summed E-state index contributed by atoms with van der Waals surface area (Å²) in [6.45, 7) is 0. The fraction of sp³-hybridized carbons (Fsp3) is 0.438. The van der Waals surface area contributed by atoms with E-state index in [4.69, 9.17) is 4.74 Å². The average Bonchev–Trinajstić information content (AvgIpc) is 2.88. The quantitative estimate of drug-likeness (QED) is 0.841. The Labute approximate surface area is 128 Å². The number of methoxy groups -OCH3 is 1. The minimum atomic E-state index is -2.04. The van der Waals surface area contributed by atoms with E-state index in [1.807, 2.05) is 0 Å². The number of benzene rings is 1. The van der Waals surface area contributed by atoms with Gasteiger partial charge in [-0.3, -0.25) is 4.79 Å². The van der Waals surface area contributed by atoms with Crippen LogP contribution in [0.5, 0.6) is 0 Å². The van der Waals surface area contributed by atoms with Crippen molar-refractivity contribution in [2.45, 2.75) is 31.4 Å². The number of esters is 1. The summed E-state index contributed by atoms with van der Waals surface area (Å²) >= 11 is 0. The highest BCUT2D eigenvalue weighted by molar-refractivity contribution is 6.04. The van der Waals surface area contributed by atoms with E-state index in [2.05, 4.69) is 5.10 Å². The van der Waals surface area contributed by atoms with Crippen LogP contribution >= 0.6 is 0 Å². The third-order valence-corrected chi connectivity index (χ3v) is 4.31. The Bertz CT molecular complexity index is 628. The molecule has 1 aromatic rings. The minimum Gasteiger partial charge on any atom is -0.465 e. The zero-order valence-corrected chi connectivity index (χ0v) is 12.4. The summed E-state index contributed by atoms with van der Waals surface area (Å²) in [6, 6.07) is 8.49. The summed E-state index contributed by atoms with van der Waals surface area (Å²) in [5, 5.41) is 16.1. The van der Waals surface area contributed by atoms with Gasteiger partial charge in [0.15, 0.2) is 0 Å². The van der Waals surface area contributed by atoms with Crippen LogP contribution in [0.1, 0.15) is 36.0 Å². The van der Waals surface area contributed by atoms with Crippen LogP contribution in [0.3, 0.4) is 0 Å². The van der Waals surface area contributed by atoms with Gasteiger partial charge in [-0.15, -0.1) is 0 Å². The molecule has 0 spiro atoms. The van der Waals surface area contributed by atoms with Gasteiger partial charge in [0.05, 0.1) is 13.0 Å². The molecular weight excluding hydrogens is 284 g/mol. The molecule has 1 N–H and O–H groups in total. The maximum absolute atomic E-state index is 12.7. The number of carbonyl (C=O) groups excluding carboxylic acids is 2.